The summed E-state index contributed by atoms with van der Waals surface area (Å²) in [6.45, 7) is 8.53. The lowest BCUT2D eigenvalue weighted by Gasteiger charge is -2.33. The van der Waals surface area contributed by atoms with E-state index in [1.54, 1.807) is 11.8 Å². The number of nitrogens with zero attached hydrogens (tertiary/aromatic N) is 1. The predicted molar refractivity (Wildman–Crippen MR) is 166 cm³/mol. The van der Waals surface area contributed by atoms with Gasteiger partial charge in [0.15, 0.2) is 0 Å². The number of ketones is 1. The zero-order chi connectivity index (χ0) is 30.7. The van der Waals surface area contributed by atoms with Crippen LogP contribution >= 0.6 is 0 Å². The van der Waals surface area contributed by atoms with Gasteiger partial charge in [-0.05, 0) is 57.2 Å². The molecule has 0 radical (unpaired) electrons. The number of rotatable bonds is 14. The zero-order valence-electron chi connectivity index (χ0n) is 25.8. The number of amides is 1. The maximum absolute atomic E-state index is 13.9. The van der Waals surface area contributed by atoms with Gasteiger partial charge in [0.25, 0.3) is 0 Å². The number of benzene rings is 3. The molecular formula is C36H45NO6. The monoisotopic (exact) mass is 587 g/mol. The van der Waals surface area contributed by atoms with Crippen molar-refractivity contribution in [3.63, 3.8) is 0 Å². The molecule has 4 rings (SSSR count). The molecule has 7 heteroatoms. The molecule has 230 valence electrons. The molecule has 0 spiro atoms. The molecule has 4 atom stereocenters. The van der Waals surface area contributed by atoms with E-state index in [-0.39, 0.29) is 18.4 Å². The average molecular weight is 588 g/mol. The number of likely N-dealkylation sites (tertiary alicyclic amines) is 1. The number of carbonyl (C=O) groups excluding carboxylic acids is 2. The number of hydrogen-bond donors (Lipinski definition) is 0. The van der Waals surface area contributed by atoms with Crippen LogP contribution in [-0.4, -0.2) is 53.3 Å². The van der Waals surface area contributed by atoms with Crippen molar-refractivity contribution in [1.29, 1.82) is 0 Å². The van der Waals surface area contributed by atoms with E-state index >= 15 is 0 Å². The van der Waals surface area contributed by atoms with Gasteiger partial charge in [0.1, 0.15) is 23.6 Å². The molecule has 0 aliphatic carbocycles. The minimum absolute atomic E-state index is 0.114. The summed E-state index contributed by atoms with van der Waals surface area (Å²) in [7, 11) is 0. The molecular weight excluding hydrogens is 542 g/mol. The van der Waals surface area contributed by atoms with Crippen molar-refractivity contribution in [3.8, 4) is 0 Å². The van der Waals surface area contributed by atoms with Gasteiger partial charge in [-0.15, -0.1) is 0 Å². The molecule has 1 aliphatic rings. The first kappa shape index (κ1) is 32.4. The molecule has 1 aliphatic heterocycles. The fraction of sp³-hybridized carbons (Fsp3) is 0.444. The van der Waals surface area contributed by atoms with Gasteiger partial charge in [-0.3, -0.25) is 4.90 Å². The summed E-state index contributed by atoms with van der Waals surface area (Å²) >= 11 is 0. The Bertz CT molecular complexity index is 1260. The second-order valence-corrected chi connectivity index (χ2v) is 12.1. The first-order valence-electron chi connectivity index (χ1n) is 15.1. The number of ether oxygens (including phenoxy) is 4. The van der Waals surface area contributed by atoms with Crippen LogP contribution in [0.5, 0.6) is 0 Å². The van der Waals surface area contributed by atoms with Gasteiger partial charge in [-0.2, -0.15) is 0 Å². The highest BCUT2D eigenvalue weighted by molar-refractivity contribution is 5.75. The van der Waals surface area contributed by atoms with Gasteiger partial charge in [-0.1, -0.05) is 91.0 Å². The third kappa shape index (κ3) is 10.0. The normalized spacial score (nSPS) is 20.2. The standard InChI is InChI=1S/C36H45NO6/c1-27(38)15-14-22-31-33(41-24-29-18-10-6-11-19-29)34(42-25-30-20-12-7-13-21-30)32(37(31)35(39)43-36(2,3)4)26-40-23-28-16-8-5-9-17-28/h5-13,16-21,31-34H,14-15,22-26H2,1-4H3/t31-,32-,33-,34+/m0/s1. The van der Waals surface area contributed by atoms with E-state index < -0.39 is 29.9 Å². The highest BCUT2D eigenvalue weighted by Crippen LogP contribution is 2.36. The van der Waals surface area contributed by atoms with Crippen LogP contribution < -0.4 is 0 Å². The van der Waals surface area contributed by atoms with Crippen molar-refractivity contribution in [2.75, 3.05) is 6.61 Å². The van der Waals surface area contributed by atoms with Gasteiger partial charge in [0, 0.05) is 6.42 Å². The topological polar surface area (TPSA) is 74.3 Å². The van der Waals surface area contributed by atoms with Crippen LogP contribution in [0.4, 0.5) is 4.79 Å². The Morgan fingerprint density at radius 3 is 1.63 bits per heavy atom. The Morgan fingerprint density at radius 2 is 1.16 bits per heavy atom. The van der Waals surface area contributed by atoms with Gasteiger partial charge >= 0.3 is 6.09 Å². The Morgan fingerprint density at radius 1 is 0.698 bits per heavy atom. The van der Waals surface area contributed by atoms with Crippen LogP contribution in [-0.2, 0) is 43.6 Å². The lowest BCUT2D eigenvalue weighted by molar-refractivity contribution is -0.117. The maximum Gasteiger partial charge on any atom is 0.411 e. The SMILES string of the molecule is CC(=O)CCC[C@H]1[C@H](OCc2ccccc2)[C@H](OCc2ccccc2)[C@H](COCc2ccccc2)N1C(=O)OC(C)(C)C. The molecule has 1 fully saturated rings. The molecule has 0 aromatic heterocycles. The van der Waals surface area contributed by atoms with Crippen LogP contribution in [0.25, 0.3) is 0 Å². The second kappa shape index (κ2) is 15.8. The summed E-state index contributed by atoms with van der Waals surface area (Å²) in [4.78, 5) is 27.6. The van der Waals surface area contributed by atoms with Crippen molar-refractivity contribution < 1.29 is 28.5 Å². The second-order valence-electron chi connectivity index (χ2n) is 12.1. The third-order valence-corrected chi connectivity index (χ3v) is 7.40. The fourth-order valence-electron chi connectivity index (χ4n) is 5.44. The zero-order valence-corrected chi connectivity index (χ0v) is 25.8. The first-order valence-corrected chi connectivity index (χ1v) is 15.1. The maximum atomic E-state index is 13.9. The molecule has 3 aromatic rings. The van der Waals surface area contributed by atoms with E-state index in [9.17, 15) is 9.59 Å². The van der Waals surface area contributed by atoms with E-state index in [1.807, 2.05) is 112 Å². The van der Waals surface area contributed by atoms with Crippen LogP contribution in [0.3, 0.4) is 0 Å². The molecule has 0 saturated carbocycles. The van der Waals surface area contributed by atoms with E-state index in [1.165, 1.54) is 0 Å². The van der Waals surface area contributed by atoms with Crippen LogP contribution in [0, 0.1) is 0 Å². The summed E-state index contributed by atoms with van der Waals surface area (Å²) < 4.78 is 25.5. The van der Waals surface area contributed by atoms with Gasteiger partial charge in [0.05, 0.1) is 38.5 Å². The van der Waals surface area contributed by atoms with Crippen LogP contribution in [0.2, 0.25) is 0 Å². The van der Waals surface area contributed by atoms with Crippen molar-refractivity contribution in [2.45, 2.75) is 96.7 Å². The lowest BCUT2D eigenvalue weighted by Crippen LogP contribution is -2.48. The van der Waals surface area contributed by atoms with Crippen molar-refractivity contribution >= 4 is 11.9 Å². The number of carbonyl (C=O) groups is 2. The Balaban J connectivity index is 1.67. The van der Waals surface area contributed by atoms with Crippen molar-refractivity contribution in [3.05, 3.63) is 108 Å². The van der Waals surface area contributed by atoms with Gasteiger partial charge in [-0.25, -0.2) is 4.79 Å². The smallest absolute Gasteiger partial charge is 0.411 e. The summed E-state index contributed by atoms with van der Waals surface area (Å²) in [5.74, 6) is 0.114. The largest absolute Gasteiger partial charge is 0.444 e. The Kier molecular flexibility index (Phi) is 11.9. The molecule has 0 bridgehead atoms. The molecule has 1 heterocycles. The highest BCUT2D eigenvalue weighted by Gasteiger charge is 2.53. The van der Waals surface area contributed by atoms with Crippen molar-refractivity contribution in [2.24, 2.45) is 0 Å². The molecule has 1 amide bonds. The number of hydrogen-bond acceptors (Lipinski definition) is 6. The summed E-state index contributed by atoms with van der Waals surface area (Å²) in [6.07, 6.45) is 0.219. The number of Topliss-reactive ketones (excluding diaryl/α,β-unsaturated/α-hetero) is 1. The van der Waals surface area contributed by atoms with E-state index in [2.05, 4.69) is 0 Å². The first-order chi connectivity index (χ1) is 20.7. The lowest BCUT2D eigenvalue weighted by atomic mass is 10.0. The average Bonchev–Trinajstić information content (AvgIpc) is 3.27. The summed E-state index contributed by atoms with van der Waals surface area (Å²) in [6, 6.07) is 29.1. The minimum atomic E-state index is -0.695. The van der Waals surface area contributed by atoms with Crippen LogP contribution in [0.15, 0.2) is 91.0 Å². The van der Waals surface area contributed by atoms with Gasteiger partial charge in [0.2, 0.25) is 0 Å². The van der Waals surface area contributed by atoms with E-state index in [4.69, 9.17) is 18.9 Å². The Labute approximate surface area is 256 Å². The third-order valence-electron chi connectivity index (χ3n) is 7.40. The molecule has 1 saturated heterocycles. The molecule has 7 nitrogen and oxygen atoms in total. The van der Waals surface area contributed by atoms with Gasteiger partial charge < -0.3 is 23.7 Å². The fourth-order valence-corrected chi connectivity index (χ4v) is 5.44. The molecule has 0 N–H and O–H groups in total. The highest BCUT2D eigenvalue weighted by atomic mass is 16.6. The summed E-state index contributed by atoms with van der Waals surface area (Å²) in [5, 5.41) is 0. The molecule has 43 heavy (non-hydrogen) atoms. The summed E-state index contributed by atoms with van der Waals surface area (Å²) in [5.41, 5.74) is 2.40. The molecule has 3 aromatic carbocycles. The minimum Gasteiger partial charge on any atom is -0.444 e. The van der Waals surface area contributed by atoms with Crippen LogP contribution in [0.1, 0.15) is 63.6 Å². The van der Waals surface area contributed by atoms with Crippen molar-refractivity contribution in [1.82, 2.24) is 4.90 Å². The predicted octanol–water partition coefficient (Wildman–Crippen LogP) is 7.12. The van der Waals surface area contributed by atoms with E-state index in [0.29, 0.717) is 39.1 Å². The molecule has 0 unspecified atom stereocenters. The quantitative estimate of drug-likeness (QED) is 0.200. The van der Waals surface area contributed by atoms with E-state index in [0.717, 1.165) is 16.7 Å². The Hall–Kier alpha value is -3.52.